The Morgan fingerprint density at radius 1 is 1.53 bits per heavy atom. The molecule has 2 unspecified atom stereocenters. The van der Waals surface area contributed by atoms with Crippen molar-refractivity contribution in [1.82, 2.24) is 5.32 Å². The van der Waals surface area contributed by atoms with Gasteiger partial charge in [-0.25, -0.2) is 0 Å². The first-order valence-electron chi connectivity index (χ1n) is 6.08. The molecule has 17 heavy (non-hydrogen) atoms. The zero-order valence-corrected chi connectivity index (χ0v) is 12.2. The van der Waals surface area contributed by atoms with Gasteiger partial charge < -0.3 is 15.4 Å². The molecule has 1 aliphatic heterocycles. The van der Waals surface area contributed by atoms with E-state index in [9.17, 15) is 0 Å². The highest BCUT2D eigenvalue weighted by Crippen LogP contribution is 2.19. The Bertz CT molecular complexity index is 353. The summed E-state index contributed by atoms with van der Waals surface area (Å²) in [5.41, 5.74) is 1.22. The quantitative estimate of drug-likeness (QED) is 0.822. The predicted octanol–water partition coefficient (Wildman–Crippen LogP) is 2.47. The van der Waals surface area contributed by atoms with Crippen LogP contribution in [0.3, 0.4) is 0 Å². The Labute approximate surface area is 116 Å². The van der Waals surface area contributed by atoms with Gasteiger partial charge in [0.25, 0.3) is 0 Å². The summed E-state index contributed by atoms with van der Waals surface area (Å²) >= 11 is 2.36. The van der Waals surface area contributed by atoms with Gasteiger partial charge in [-0.05, 0) is 48.1 Å². The molecule has 2 rings (SSSR count). The lowest BCUT2D eigenvalue weighted by Gasteiger charge is -2.27. The van der Waals surface area contributed by atoms with E-state index in [1.807, 2.05) is 0 Å². The van der Waals surface area contributed by atoms with E-state index in [-0.39, 0.29) is 0 Å². The van der Waals surface area contributed by atoms with Gasteiger partial charge in [-0.2, -0.15) is 0 Å². The van der Waals surface area contributed by atoms with Crippen LogP contribution in [-0.4, -0.2) is 31.8 Å². The van der Waals surface area contributed by atoms with Crippen LogP contribution in [-0.2, 0) is 4.74 Å². The maximum Gasteiger partial charge on any atom is 0.0621 e. The fourth-order valence-corrected chi connectivity index (χ4v) is 2.64. The van der Waals surface area contributed by atoms with Crippen LogP contribution in [0, 0.1) is 3.57 Å². The van der Waals surface area contributed by atoms with Gasteiger partial charge in [0, 0.05) is 27.9 Å². The summed E-state index contributed by atoms with van der Waals surface area (Å²) in [6, 6.07) is 9.31. The monoisotopic (exact) mass is 346 g/mol. The van der Waals surface area contributed by atoms with Crippen LogP contribution in [0.4, 0.5) is 5.69 Å². The number of hydrogen-bond donors (Lipinski definition) is 2. The third kappa shape index (κ3) is 4.12. The van der Waals surface area contributed by atoms with Gasteiger partial charge >= 0.3 is 0 Å². The maximum atomic E-state index is 5.47. The molecule has 0 spiro atoms. The van der Waals surface area contributed by atoms with Gasteiger partial charge in [0.15, 0.2) is 0 Å². The van der Waals surface area contributed by atoms with Crippen molar-refractivity contribution in [2.24, 2.45) is 0 Å². The molecular weight excluding hydrogens is 327 g/mol. The highest BCUT2D eigenvalue weighted by atomic mass is 127. The van der Waals surface area contributed by atoms with E-state index < -0.39 is 0 Å². The molecule has 0 saturated carbocycles. The predicted molar refractivity (Wildman–Crippen MR) is 79.5 cm³/mol. The Morgan fingerprint density at radius 3 is 3.06 bits per heavy atom. The molecule has 1 saturated heterocycles. The molecule has 0 bridgehead atoms. The molecule has 1 aromatic carbocycles. The molecule has 2 atom stereocenters. The van der Waals surface area contributed by atoms with Crippen LogP contribution < -0.4 is 10.6 Å². The lowest BCUT2D eigenvalue weighted by Crippen LogP contribution is -2.43. The smallest absolute Gasteiger partial charge is 0.0621 e. The number of halogens is 1. The number of para-hydroxylation sites is 1. The van der Waals surface area contributed by atoms with Gasteiger partial charge in [0.2, 0.25) is 0 Å². The number of ether oxygens (including phenoxy) is 1. The Morgan fingerprint density at radius 2 is 2.35 bits per heavy atom. The highest BCUT2D eigenvalue weighted by molar-refractivity contribution is 14.1. The molecular formula is C13H19IN2O. The van der Waals surface area contributed by atoms with Crippen LogP contribution in [0.1, 0.15) is 13.3 Å². The molecule has 0 amide bonds. The Hall–Kier alpha value is -0.330. The van der Waals surface area contributed by atoms with Crippen LogP contribution >= 0.6 is 22.6 Å². The van der Waals surface area contributed by atoms with Gasteiger partial charge in [0.05, 0.1) is 13.2 Å². The summed E-state index contributed by atoms with van der Waals surface area (Å²) in [5.74, 6) is 0. The van der Waals surface area contributed by atoms with E-state index in [0.29, 0.717) is 12.1 Å². The number of morpholine rings is 1. The average Bonchev–Trinajstić information content (AvgIpc) is 2.33. The van der Waals surface area contributed by atoms with Crippen molar-refractivity contribution in [3.05, 3.63) is 27.8 Å². The van der Waals surface area contributed by atoms with Crippen molar-refractivity contribution in [2.75, 3.05) is 25.1 Å². The van der Waals surface area contributed by atoms with Crippen molar-refractivity contribution in [3.63, 3.8) is 0 Å². The molecule has 0 aliphatic carbocycles. The van der Waals surface area contributed by atoms with Crippen molar-refractivity contribution in [3.8, 4) is 0 Å². The largest absolute Gasteiger partial charge is 0.382 e. The van der Waals surface area contributed by atoms with Crippen molar-refractivity contribution in [2.45, 2.75) is 25.4 Å². The SMILES string of the molecule is CC(CC1COCCN1)Nc1ccccc1I. The molecule has 1 aliphatic rings. The number of hydrogen-bond acceptors (Lipinski definition) is 3. The van der Waals surface area contributed by atoms with Crippen LogP contribution in [0.15, 0.2) is 24.3 Å². The van der Waals surface area contributed by atoms with Gasteiger partial charge in [0.1, 0.15) is 0 Å². The second-order valence-corrected chi connectivity index (χ2v) is 5.65. The van der Waals surface area contributed by atoms with E-state index in [1.165, 1.54) is 9.26 Å². The number of nitrogens with one attached hydrogen (secondary N) is 2. The molecule has 1 aromatic rings. The maximum absolute atomic E-state index is 5.47. The topological polar surface area (TPSA) is 33.3 Å². The molecule has 1 heterocycles. The number of anilines is 1. The fraction of sp³-hybridized carbons (Fsp3) is 0.538. The third-order valence-corrected chi connectivity index (χ3v) is 3.85. The first-order chi connectivity index (χ1) is 8.25. The highest BCUT2D eigenvalue weighted by Gasteiger charge is 2.16. The lowest BCUT2D eigenvalue weighted by atomic mass is 10.1. The zero-order valence-electron chi connectivity index (χ0n) is 10.1. The minimum atomic E-state index is 0.449. The molecule has 1 fully saturated rings. The number of benzene rings is 1. The van der Waals surface area contributed by atoms with Gasteiger partial charge in [-0.1, -0.05) is 12.1 Å². The Balaban J connectivity index is 1.84. The fourth-order valence-electron chi connectivity index (χ4n) is 2.10. The van der Waals surface area contributed by atoms with E-state index in [2.05, 4.69) is 64.4 Å². The first-order valence-corrected chi connectivity index (χ1v) is 7.16. The number of rotatable bonds is 4. The van der Waals surface area contributed by atoms with Gasteiger partial charge in [-0.15, -0.1) is 0 Å². The summed E-state index contributed by atoms with van der Waals surface area (Å²) in [6.07, 6.45) is 1.09. The zero-order chi connectivity index (χ0) is 12.1. The molecule has 4 heteroatoms. The van der Waals surface area contributed by atoms with E-state index in [4.69, 9.17) is 4.74 Å². The normalized spacial score (nSPS) is 22.1. The summed E-state index contributed by atoms with van der Waals surface area (Å²) in [5, 5.41) is 7.04. The van der Waals surface area contributed by atoms with E-state index in [0.717, 1.165) is 26.2 Å². The molecule has 0 aromatic heterocycles. The van der Waals surface area contributed by atoms with E-state index in [1.54, 1.807) is 0 Å². The summed E-state index contributed by atoms with van der Waals surface area (Å²) in [6.45, 7) is 4.87. The van der Waals surface area contributed by atoms with Crippen LogP contribution in [0.2, 0.25) is 0 Å². The summed E-state index contributed by atoms with van der Waals surface area (Å²) in [4.78, 5) is 0. The average molecular weight is 346 g/mol. The minimum Gasteiger partial charge on any atom is -0.382 e. The van der Waals surface area contributed by atoms with E-state index >= 15 is 0 Å². The second kappa shape index (κ2) is 6.56. The molecule has 3 nitrogen and oxygen atoms in total. The van der Waals surface area contributed by atoms with Crippen molar-refractivity contribution >= 4 is 28.3 Å². The van der Waals surface area contributed by atoms with Gasteiger partial charge in [-0.3, -0.25) is 0 Å². The minimum absolute atomic E-state index is 0.449. The van der Waals surface area contributed by atoms with Crippen LogP contribution in [0.25, 0.3) is 0 Å². The lowest BCUT2D eigenvalue weighted by molar-refractivity contribution is 0.0731. The summed E-state index contributed by atoms with van der Waals surface area (Å²) in [7, 11) is 0. The molecule has 0 radical (unpaired) electrons. The second-order valence-electron chi connectivity index (χ2n) is 4.49. The molecule has 94 valence electrons. The van der Waals surface area contributed by atoms with Crippen molar-refractivity contribution in [1.29, 1.82) is 0 Å². The van der Waals surface area contributed by atoms with Crippen LogP contribution in [0.5, 0.6) is 0 Å². The summed E-state index contributed by atoms with van der Waals surface area (Å²) < 4.78 is 6.73. The third-order valence-electron chi connectivity index (χ3n) is 2.91. The standard InChI is InChI=1S/C13H19IN2O/c1-10(8-11-9-17-7-6-15-11)16-13-5-3-2-4-12(13)14/h2-5,10-11,15-16H,6-9H2,1H3. The Kier molecular flexibility index (Phi) is 5.06. The molecule has 2 N–H and O–H groups in total. The first kappa shape index (κ1) is 13.1. The van der Waals surface area contributed by atoms with Crippen molar-refractivity contribution < 1.29 is 4.74 Å².